The van der Waals surface area contributed by atoms with Crippen molar-refractivity contribution in [3.8, 4) is 22.3 Å². The van der Waals surface area contributed by atoms with Crippen molar-refractivity contribution in [1.82, 2.24) is 0 Å². The molecule has 0 N–H and O–H groups in total. The van der Waals surface area contributed by atoms with Gasteiger partial charge in [-0.25, -0.2) is 0 Å². The first-order chi connectivity index (χ1) is 36.9. The Morgan fingerprint density at radius 3 is 0.924 bits per heavy atom. The molecule has 2 spiro atoms. The molecule has 0 radical (unpaired) electrons. The third kappa shape index (κ3) is 4.80. The van der Waals surface area contributed by atoms with Crippen molar-refractivity contribution in [2.24, 2.45) is 0 Å². The van der Waals surface area contributed by atoms with Crippen LogP contribution in [0.5, 0.6) is 0 Å². The molecule has 0 amide bonds. The lowest BCUT2D eigenvalue weighted by Gasteiger charge is -2.36. The molecule has 0 aromatic heterocycles. The van der Waals surface area contributed by atoms with Crippen LogP contribution in [0.3, 0.4) is 0 Å². The molecule has 308 valence electrons. The molecule has 0 bridgehead atoms. The Morgan fingerprint density at radius 2 is 0.576 bits per heavy atom. The molecule has 0 unspecified atom stereocenters. The highest BCUT2D eigenvalue weighted by molar-refractivity contribution is 6.20. The number of benzene rings is 10. The third-order valence-electron chi connectivity index (χ3n) is 14.2. The molecule has 0 fully saturated rings. The van der Waals surface area contributed by atoms with E-state index in [-0.39, 0.29) is 35.5 Å². The van der Waals surface area contributed by atoms with E-state index in [9.17, 15) is 5.48 Å². The van der Waals surface area contributed by atoms with Crippen molar-refractivity contribution in [2.75, 3.05) is 9.80 Å². The maximum atomic E-state index is 9.34. The first-order valence-corrected chi connectivity index (χ1v) is 22.2. The smallest absolute Gasteiger partial charge is 0.0729 e. The van der Waals surface area contributed by atoms with Gasteiger partial charge in [0.2, 0.25) is 0 Å². The Balaban J connectivity index is 1.13. The fourth-order valence-electron chi connectivity index (χ4n) is 12.0. The van der Waals surface area contributed by atoms with Crippen LogP contribution in [0.25, 0.3) is 33.4 Å². The Bertz CT molecular complexity index is 3790. The summed E-state index contributed by atoms with van der Waals surface area (Å²) in [5, 5.41) is 0. The van der Waals surface area contributed by atoms with Gasteiger partial charge in [0.05, 0.1) is 24.5 Å². The number of hydrogen-bond acceptors (Lipinski definition) is 2. The largest absolute Gasteiger partial charge is 0.310 e. The van der Waals surface area contributed by atoms with Gasteiger partial charge in [0.1, 0.15) is 0 Å². The highest BCUT2D eigenvalue weighted by Gasteiger charge is 2.63. The van der Waals surface area contributed by atoms with Gasteiger partial charge in [-0.15, -0.1) is 0 Å². The van der Waals surface area contributed by atoms with Crippen molar-refractivity contribution >= 4 is 45.3 Å². The second kappa shape index (κ2) is 14.0. The molecule has 0 atom stereocenters. The van der Waals surface area contributed by atoms with Gasteiger partial charge in [-0.05, 0) is 151 Å². The van der Waals surface area contributed by atoms with Crippen molar-refractivity contribution in [1.29, 1.82) is 0 Å². The van der Waals surface area contributed by atoms with Crippen molar-refractivity contribution < 1.29 is 13.7 Å². The summed E-state index contributed by atoms with van der Waals surface area (Å²) >= 11 is 0. The molecule has 2 nitrogen and oxygen atoms in total. The Labute approximate surface area is 399 Å². The van der Waals surface area contributed by atoms with Gasteiger partial charge in [0.15, 0.2) is 0 Å². The minimum Gasteiger partial charge on any atom is -0.310 e. The highest BCUT2D eigenvalue weighted by Crippen LogP contribution is 2.75. The number of allylic oxidation sites excluding steroid dienone is 2. The zero-order chi connectivity index (χ0) is 52.1. The van der Waals surface area contributed by atoms with Gasteiger partial charge >= 0.3 is 0 Å². The number of anilines is 6. The van der Waals surface area contributed by atoms with Crippen molar-refractivity contribution in [2.45, 2.75) is 10.8 Å². The van der Waals surface area contributed by atoms with Gasteiger partial charge in [-0.3, -0.25) is 0 Å². The van der Waals surface area contributed by atoms with Crippen LogP contribution < -0.4 is 9.80 Å². The Hall–Kier alpha value is -8.46. The van der Waals surface area contributed by atoms with Gasteiger partial charge in [0, 0.05) is 34.1 Å². The minimum absolute atomic E-state index is 0.0343. The molecule has 0 saturated carbocycles. The van der Waals surface area contributed by atoms with Crippen molar-refractivity contribution in [3.05, 3.63) is 299 Å². The predicted octanol–water partition coefficient (Wildman–Crippen LogP) is 16.2. The summed E-state index contributed by atoms with van der Waals surface area (Å²) in [4.78, 5) is 3.58. The average molecular weight is 849 g/mol. The summed E-state index contributed by atoms with van der Waals surface area (Å²) in [6.07, 6.45) is 0. The first-order valence-electron chi connectivity index (χ1n) is 27.2. The number of nitrogens with zero attached hydrogens (tertiary/aromatic N) is 2. The van der Waals surface area contributed by atoms with Crippen LogP contribution in [-0.4, -0.2) is 0 Å². The summed E-state index contributed by atoms with van der Waals surface area (Å²) in [5.74, 6) is 0. The summed E-state index contributed by atoms with van der Waals surface area (Å²) in [5.41, 5.74) is 15.3. The van der Waals surface area contributed by atoms with E-state index in [4.69, 9.17) is 8.22 Å². The summed E-state index contributed by atoms with van der Waals surface area (Å²) < 4.78 is 89.8. The SMILES string of the molecule is [2H]c1c([2H])c([2H])c(N(c2ccccc2)c2ccc3c(c2)C2(C4=C3C3(c5cc(N(c6ccccc6)c6c([2H])c([2H])c([2H])c([2H])c6[2H])ccc54)c4ccccc4-c4ccccc43)c3ccccc3-c3ccccc32)c([2H])c1[2H]. The van der Waals surface area contributed by atoms with Crippen LogP contribution >= 0.6 is 0 Å². The Morgan fingerprint density at radius 1 is 0.258 bits per heavy atom. The zero-order valence-electron chi connectivity index (χ0n) is 45.4. The van der Waals surface area contributed by atoms with Crippen molar-refractivity contribution in [3.63, 3.8) is 0 Å². The standard InChI is InChI=1S/C64H42N2/c1-5-21-43(22-6-1)65(44-23-7-2-8-24-44)47-37-39-53-59(41-47)63(55-33-17-13-29-49(55)50-30-14-18-34-56(50)63)62-54-40-38-48(66(45-25-9-3-10-26-45)46-27-11-4-12-28-46)42-60(54)64(61(53)62)57-35-19-15-31-51(57)52-32-16-20-36-58(52)64/h1-42H/i1D,3D,5D,6D,9D,10D,21D,22D,25D,26D. The predicted molar refractivity (Wildman–Crippen MR) is 273 cm³/mol. The normalized spacial score (nSPS) is 16.7. The second-order valence-electron chi connectivity index (χ2n) is 17.2. The molecule has 0 heterocycles. The van der Waals surface area contributed by atoms with E-state index < -0.39 is 47.1 Å². The summed E-state index contributed by atoms with van der Waals surface area (Å²) in [6.45, 7) is 0. The maximum Gasteiger partial charge on any atom is 0.0729 e. The van der Waals surface area contributed by atoms with E-state index >= 15 is 0 Å². The molecule has 2 heteroatoms. The summed E-state index contributed by atoms with van der Waals surface area (Å²) in [6, 6.07) is 61.9. The van der Waals surface area contributed by atoms with Crippen LogP contribution in [0.15, 0.2) is 255 Å². The van der Waals surface area contributed by atoms with Crippen LogP contribution in [-0.2, 0) is 10.8 Å². The Kier molecular flexibility index (Phi) is 6.02. The third-order valence-corrected chi connectivity index (χ3v) is 14.2. The molecule has 10 aromatic rings. The van der Waals surface area contributed by atoms with Gasteiger partial charge < -0.3 is 9.80 Å². The van der Waals surface area contributed by atoms with E-state index in [0.29, 0.717) is 22.7 Å². The molecular weight excluding hydrogens is 797 g/mol. The quantitative estimate of drug-likeness (QED) is 0.164. The molecule has 4 aliphatic carbocycles. The maximum absolute atomic E-state index is 9.34. The molecule has 14 rings (SSSR count). The van der Waals surface area contributed by atoms with E-state index in [0.717, 1.165) is 77.9 Å². The number of para-hydroxylation sites is 4. The fraction of sp³-hybridized carbons (Fsp3) is 0.0312. The summed E-state index contributed by atoms with van der Waals surface area (Å²) in [7, 11) is 0. The molecule has 0 saturated heterocycles. The lowest BCUT2D eigenvalue weighted by Crippen LogP contribution is -2.29. The number of hydrogen-bond donors (Lipinski definition) is 0. The molecule has 10 aromatic carbocycles. The van der Waals surface area contributed by atoms with Crippen LogP contribution in [0.2, 0.25) is 0 Å². The van der Waals surface area contributed by atoms with E-state index in [2.05, 4.69) is 121 Å². The molecular formula is C64H42N2. The van der Waals surface area contributed by atoms with E-state index in [1.807, 2.05) is 72.8 Å². The number of rotatable bonds is 6. The van der Waals surface area contributed by atoms with Crippen LogP contribution in [0.4, 0.5) is 34.1 Å². The lowest BCUT2D eigenvalue weighted by molar-refractivity contribution is 0.826. The lowest BCUT2D eigenvalue weighted by atomic mass is 9.66. The monoisotopic (exact) mass is 848 g/mol. The fourth-order valence-corrected chi connectivity index (χ4v) is 12.0. The zero-order valence-corrected chi connectivity index (χ0v) is 35.4. The second-order valence-corrected chi connectivity index (χ2v) is 17.2. The van der Waals surface area contributed by atoms with Crippen LogP contribution in [0.1, 0.15) is 58.2 Å². The molecule has 4 aliphatic rings. The van der Waals surface area contributed by atoms with E-state index in [1.165, 1.54) is 0 Å². The number of fused-ring (bicyclic) bond motifs is 18. The minimum atomic E-state index is -0.978. The molecule has 0 aliphatic heterocycles. The molecule has 66 heavy (non-hydrogen) atoms. The van der Waals surface area contributed by atoms with Gasteiger partial charge in [-0.1, -0.05) is 182 Å². The van der Waals surface area contributed by atoms with Gasteiger partial charge in [0.25, 0.3) is 0 Å². The van der Waals surface area contributed by atoms with Gasteiger partial charge in [-0.2, -0.15) is 0 Å². The average Bonchev–Trinajstić information content (AvgIpc) is 4.35. The van der Waals surface area contributed by atoms with E-state index in [1.54, 1.807) is 9.80 Å². The van der Waals surface area contributed by atoms with Crippen LogP contribution in [0, 0.1) is 0 Å². The topological polar surface area (TPSA) is 6.48 Å². The highest BCUT2D eigenvalue weighted by atomic mass is 15.1. The first kappa shape index (κ1) is 28.4.